The van der Waals surface area contributed by atoms with Gasteiger partial charge in [0.05, 0.1) is 23.7 Å². The Hall–Kier alpha value is -1.76. The van der Waals surface area contributed by atoms with Crippen LogP contribution in [0.3, 0.4) is 0 Å². The van der Waals surface area contributed by atoms with Crippen molar-refractivity contribution < 1.29 is 24.2 Å². The van der Waals surface area contributed by atoms with Crippen LogP contribution >= 0.6 is 15.9 Å². The highest BCUT2D eigenvalue weighted by Crippen LogP contribution is 2.28. The number of carbonyl (C=O) groups is 2. The first-order chi connectivity index (χ1) is 9.51. The monoisotopic (exact) mass is 343 g/mol. The molecule has 20 heavy (non-hydrogen) atoms. The molecule has 1 heterocycles. The van der Waals surface area contributed by atoms with Crippen LogP contribution < -0.4 is 4.74 Å². The lowest BCUT2D eigenvalue weighted by atomic mass is 10.2. The van der Waals surface area contributed by atoms with E-state index in [0.717, 1.165) is 0 Å². The van der Waals surface area contributed by atoms with Gasteiger partial charge in [-0.15, -0.1) is 0 Å². The fraction of sp³-hybridized carbons (Fsp3) is 0.385. The van der Waals surface area contributed by atoms with Gasteiger partial charge >= 0.3 is 12.1 Å². The van der Waals surface area contributed by atoms with Crippen molar-refractivity contribution in [2.24, 2.45) is 0 Å². The van der Waals surface area contributed by atoms with Crippen molar-refractivity contribution in [1.82, 2.24) is 4.90 Å². The standard InChI is InChI=1S/C13H14BrNO5/c1-19-12(16)8-2-3-11(10(14)6-8)20-9-4-5-15(7-9)13(17)18/h2-3,6,9H,4-5,7H2,1H3,(H,17,18)/t9-/m0/s1. The molecule has 1 fully saturated rings. The molecule has 0 radical (unpaired) electrons. The number of halogens is 1. The van der Waals surface area contributed by atoms with E-state index in [1.165, 1.54) is 12.0 Å². The Bertz CT molecular complexity index is 533. The average Bonchev–Trinajstić information content (AvgIpc) is 2.89. The smallest absolute Gasteiger partial charge is 0.407 e. The molecule has 1 aromatic rings. The second kappa shape index (κ2) is 6.13. The molecule has 1 atom stereocenters. The molecule has 0 aliphatic carbocycles. The van der Waals surface area contributed by atoms with Crippen molar-refractivity contribution in [2.75, 3.05) is 20.2 Å². The van der Waals surface area contributed by atoms with E-state index in [9.17, 15) is 9.59 Å². The van der Waals surface area contributed by atoms with E-state index in [4.69, 9.17) is 9.84 Å². The molecule has 0 aromatic heterocycles. The van der Waals surface area contributed by atoms with Gasteiger partial charge in [-0.05, 0) is 34.1 Å². The third-order valence-corrected chi connectivity index (χ3v) is 3.68. The lowest BCUT2D eigenvalue weighted by Gasteiger charge is -2.16. The Labute approximate surface area is 124 Å². The minimum absolute atomic E-state index is 0.175. The molecule has 1 amide bonds. The molecule has 1 N–H and O–H groups in total. The number of nitrogens with zero attached hydrogens (tertiary/aromatic N) is 1. The average molecular weight is 344 g/mol. The van der Waals surface area contributed by atoms with E-state index in [2.05, 4.69) is 20.7 Å². The second-order valence-electron chi connectivity index (χ2n) is 4.39. The zero-order valence-corrected chi connectivity index (χ0v) is 12.4. The number of rotatable bonds is 3. The number of esters is 1. The van der Waals surface area contributed by atoms with Gasteiger partial charge < -0.3 is 19.5 Å². The fourth-order valence-corrected chi connectivity index (χ4v) is 2.49. The zero-order chi connectivity index (χ0) is 14.7. The van der Waals surface area contributed by atoms with Crippen LogP contribution in [0.1, 0.15) is 16.8 Å². The molecule has 7 heteroatoms. The van der Waals surface area contributed by atoms with E-state index in [1.54, 1.807) is 18.2 Å². The van der Waals surface area contributed by atoms with Crippen molar-refractivity contribution in [3.63, 3.8) is 0 Å². The topological polar surface area (TPSA) is 76.1 Å². The molecule has 1 aliphatic rings. The Kier molecular flexibility index (Phi) is 4.49. The molecule has 2 rings (SSSR count). The third-order valence-electron chi connectivity index (χ3n) is 3.06. The van der Waals surface area contributed by atoms with E-state index < -0.39 is 12.1 Å². The van der Waals surface area contributed by atoms with Crippen molar-refractivity contribution in [3.05, 3.63) is 28.2 Å². The SMILES string of the molecule is COC(=O)c1ccc(O[C@H]2CCN(C(=O)O)C2)c(Br)c1. The summed E-state index contributed by atoms with van der Waals surface area (Å²) in [5.41, 5.74) is 0.422. The molecule has 1 saturated heterocycles. The van der Waals surface area contributed by atoms with Crippen LogP contribution in [0.15, 0.2) is 22.7 Å². The van der Waals surface area contributed by atoms with E-state index in [-0.39, 0.29) is 6.10 Å². The molecular formula is C13H14BrNO5. The number of amides is 1. The lowest BCUT2D eigenvalue weighted by molar-refractivity contribution is 0.0600. The number of hydrogen-bond donors (Lipinski definition) is 1. The van der Waals surface area contributed by atoms with Crippen LogP contribution in [-0.4, -0.2) is 48.4 Å². The normalized spacial score (nSPS) is 17.9. The minimum atomic E-state index is -0.934. The number of likely N-dealkylation sites (tertiary alicyclic amines) is 1. The Morgan fingerprint density at radius 2 is 2.20 bits per heavy atom. The van der Waals surface area contributed by atoms with Crippen molar-refractivity contribution in [3.8, 4) is 5.75 Å². The Morgan fingerprint density at radius 1 is 1.45 bits per heavy atom. The second-order valence-corrected chi connectivity index (χ2v) is 5.25. The highest BCUT2D eigenvalue weighted by Gasteiger charge is 2.27. The number of ether oxygens (including phenoxy) is 2. The summed E-state index contributed by atoms with van der Waals surface area (Å²) in [6, 6.07) is 4.89. The van der Waals surface area contributed by atoms with Gasteiger partial charge in [-0.25, -0.2) is 9.59 Å². The van der Waals surface area contributed by atoms with Gasteiger partial charge in [0.1, 0.15) is 11.9 Å². The number of methoxy groups -OCH3 is 1. The number of benzene rings is 1. The predicted octanol–water partition coefficient (Wildman–Crippen LogP) is 2.37. The number of hydrogen-bond acceptors (Lipinski definition) is 4. The lowest BCUT2D eigenvalue weighted by Crippen LogP contribution is -2.29. The Morgan fingerprint density at radius 3 is 2.75 bits per heavy atom. The summed E-state index contributed by atoms with van der Waals surface area (Å²) in [6.07, 6.45) is -0.458. The molecule has 108 valence electrons. The van der Waals surface area contributed by atoms with Gasteiger partial charge in [0.25, 0.3) is 0 Å². The summed E-state index contributed by atoms with van der Waals surface area (Å²) in [7, 11) is 1.32. The van der Waals surface area contributed by atoms with Gasteiger partial charge in [0.2, 0.25) is 0 Å². The van der Waals surface area contributed by atoms with Crippen LogP contribution in [0.4, 0.5) is 4.79 Å². The number of carboxylic acid groups (broad SMARTS) is 1. The van der Waals surface area contributed by atoms with E-state index in [0.29, 0.717) is 35.3 Å². The first-order valence-electron chi connectivity index (χ1n) is 6.03. The quantitative estimate of drug-likeness (QED) is 0.852. The van der Waals surface area contributed by atoms with Gasteiger partial charge in [-0.2, -0.15) is 0 Å². The summed E-state index contributed by atoms with van der Waals surface area (Å²) in [5, 5.41) is 8.89. The third kappa shape index (κ3) is 3.22. The van der Waals surface area contributed by atoms with Gasteiger partial charge in [-0.3, -0.25) is 0 Å². The molecule has 1 aliphatic heterocycles. The first kappa shape index (κ1) is 14.6. The number of carbonyl (C=O) groups excluding carboxylic acids is 1. The molecule has 0 unspecified atom stereocenters. The molecule has 0 bridgehead atoms. The zero-order valence-electron chi connectivity index (χ0n) is 10.8. The van der Waals surface area contributed by atoms with Crippen LogP contribution in [0, 0.1) is 0 Å². The fourth-order valence-electron chi connectivity index (χ4n) is 2.02. The summed E-state index contributed by atoms with van der Waals surface area (Å²) in [6.45, 7) is 0.818. The molecule has 0 saturated carbocycles. The summed E-state index contributed by atoms with van der Waals surface area (Å²) in [5.74, 6) is 0.157. The van der Waals surface area contributed by atoms with Gasteiger partial charge in [0.15, 0.2) is 0 Å². The summed E-state index contributed by atoms with van der Waals surface area (Å²) < 4.78 is 11.0. The minimum Gasteiger partial charge on any atom is -0.487 e. The van der Waals surface area contributed by atoms with Crippen molar-refractivity contribution >= 4 is 28.0 Å². The predicted molar refractivity (Wildman–Crippen MR) is 74.1 cm³/mol. The van der Waals surface area contributed by atoms with Crippen molar-refractivity contribution in [1.29, 1.82) is 0 Å². The maximum Gasteiger partial charge on any atom is 0.407 e. The van der Waals surface area contributed by atoms with Crippen LogP contribution in [0.2, 0.25) is 0 Å². The van der Waals surface area contributed by atoms with Crippen LogP contribution in [0.25, 0.3) is 0 Å². The van der Waals surface area contributed by atoms with Crippen LogP contribution in [0.5, 0.6) is 5.75 Å². The highest BCUT2D eigenvalue weighted by molar-refractivity contribution is 9.10. The van der Waals surface area contributed by atoms with Crippen molar-refractivity contribution in [2.45, 2.75) is 12.5 Å². The maximum absolute atomic E-state index is 11.4. The highest BCUT2D eigenvalue weighted by atomic mass is 79.9. The summed E-state index contributed by atoms with van der Waals surface area (Å²) >= 11 is 3.33. The first-order valence-corrected chi connectivity index (χ1v) is 6.83. The molecular weight excluding hydrogens is 330 g/mol. The molecule has 1 aromatic carbocycles. The van der Waals surface area contributed by atoms with E-state index in [1.807, 2.05) is 0 Å². The molecule has 0 spiro atoms. The molecule has 6 nitrogen and oxygen atoms in total. The largest absolute Gasteiger partial charge is 0.487 e. The van der Waals surface area contributed by atoms with Crippen LogP contribution in [-0.2, 0) is 4.74 Å². The van der Waals surface area contributed by atoms with Gasteiger partial charge in [0, 0.05) is 13.0 Å². The maximum atomic E-state index is 11.4. The summed E-state index contributed by atoms with van der Waals surface area (Å²) in [4.78, 5) is 23.5. The van der Waals surface area contributed by atoms with E-state index >= 15 is 0 Å². The van der Waals surface area contributed by atoms with Gasteiger partial charge in [-0.1, -0.05) is 0 Å². The Balaban J connectivity index is 2.04.